The largest absolute Gasteiger partial charge is 0.271 e. The Morgan fingerprint density at radius 3 is 2.45 bits per heavy atom. The Morgan fingerprint density at radius 2 is 2.00 bits per heavy atom. The minimum Gasteiger partial charge on any atom is -0.271 e. The van der Waals surface area contributed by atoms with Crippen molar-refractivity contribution in [1.82, 2.24) is 0 Å². The van der Waals surface area contributed by atoms with Crippen LogP contribution in [0.5, 0.6) is 0 Å². The summed E-state index contributed by atoms with van der Waals surface area (Å²) in [4.78, 5) is 8.16. The zero-order chi connectivity index (χ0) is 8.53. The van der Waals surface area contributed by atoms with Crippen molar-refractivity contribution >= 4 is 12.6 Å². The van der Waals surface area contributed by atoms with Crippen molar-refractivity contribution in [3.8, 4) is 0 Å². The lowest BCUT2D eigenvalue weighted by atomic mass is 10.3. The van der Waals surface area contributed by atoms with E-state index >= 15 is 0 Å². The van der Waals surface area contributed by atoms with E-state index < -0.39 is 0 Å². The van der Waals surface area contributed by atoms with E-state index in [2.05, 4.69) is 30.5 Å². The van der Waals surface area contributed by atoms with Gasteiger partial charge in [0.05, 0.1) is 0 Å². The Bertz CT molecular complexity index is 128. The third-order valence-corrected chi connectivity index (χ3v) is 1.46. The lowest BCUT2D eigenvalue weighted by Crippen LogP contribution is -1.94. The molecule has 0 heterocycles. The van der Waals surface area contributed by atoms with Gasteiger partial charge in [0.2, 0.25) is 0 Å². The summed E-state index contributed by atoms with van der Waals surface area (Å²) in [6, 6.07) is 0. The van der Waals surface area contributed by atoms with E-state index in [-0.39, 0.29) is 0 Å². The molecule has 0 spiro atoms. The van der Waals surface area contributed by atoms with Crippen LogP contribution in [0.15, 0.2) is 9.98 Å². The Balaban J connectivity index is 3.61. The molecule has 0 aliphatic carbocycles. The number of unbranched alkanes of at least 4 members (excludes halogenated alkanes) is 1. The summed E-state index contributed by atoms with van der Waals surface area (Å²) >= 11 is 0. The fraction of sp³-hybridized carbons (Fsp3) is 0.778. The van der Waals surface area contributed by atoms with Gasteiger partial charge < -0.3 is 0 Å². The van der Waals surface area contributed by atoms with Gasteiger partial charge in [0.25, 0.3) is 0 Å². The topological polar surface area (TPSA) is 24.7 Å². The quantitative estimate of drug-likeness (QED) is 0.330. The van der Waals surface area contributed by atoms with Gasteiger partial charge in [0.15, 0.2) is 0 Å². The monoisotopic (exact) mass is 154 g/mol. The maximum Gasteiger partial charge on any atom is 0.122 e. The molecule has 2 nitrogen and oxygen atoms in total. The fourth-order valence-electron chi connectivity index (χ4n) is 0.798. The first-order chi connectivity index (χ1) is 5.35. The van der Waals surface area contributed by atoms with Gasteiger partial charge >= 0.3 is 0 Å². The molecule has 11 heavy (non-hydrogen) atoms. The maximum absolute atomic E-state index is 4.31. The van der Waals surface area contributed by atoms with Crippen LogP contribution in [0, 0.1) is 0 Å². The van der Waals surface area contributed by atoms with Gasteiger partial charge in [-0.3, -0.25) is 4.99 Å². The molecule has 0 aromatic heterocycles. The molecule has 2 heteroatoms. The van der Waals surface area contributed by atoms with E-state index in [1.165, 1.54) is 6.42 Å². The summed E-state index contributed by atoms with van der Waals surface area (Å²) in [6.07, 6.45) is 4.42. The molecule has 0 rings (SSSR count). The molecule has 0 aliphatic rings. The molecule has 0 bridgehead atoms. The van der Waals surface area contributed by atoms with Gasteiger partial charge in [0, 0.05) is 13.0 Å². The second kappa shape index (κ2) is 7.45. The van der Waals surface area contributed by atoms with E-state index in [9.17, 15) is 0 Å². The minimum absolute atomic E-state index is 0.908. The molecule has 0 aliphatic heterocycles. The molecule has 64 valence electrons. The van der Waals surface area contributed by atoms with Crippen LogP contribution in [0.4, 0.5) is 0 Å². The van der Waals surface area contributed by atoms with Crippen LogP contribution in [0.1, 0.15) is 39.5 Å². The van der Waals surface area contributed by atoms with Crippen molar-refractivity contribution in [2.45, 2.75) is 39.5 Å². The Hall–Kier alpha value is -0.660. The summed E-state index contributed by atoms with van der Waals surface area (Å²) < 4.78 is 0. The second-order valence-electron chi connectivity index (χ2n) is 2.56. The lowest BCUT2D eigenvalue weighted by Gasteiger charge is -1.96. The van der Waals surface area contributed by atoms with E-state index in [1.54, 1.807) is 0 Å². The summed E-state index contributed by atoms with van der Waals surface area (Å²) in [5.74, 6) is 0.918. The molecule has 0 unspecified atom stereocenters. The first-order valence-corrected chi connectivity index (χ1v) is 4.35. The average molecular weight is 154 g/mol. The van der Waals surface area contributed by atoms with Gasteiger partial charge in [-0.05, 0) is 19.6 Å². The van der Waals surface area contributed by atoms with Crippen molar-refractivity contribution in [3.63, 3.8) is 0 Å². The first-order valence-electron chi connectivity index (χ1n) is 4.35. The number of rotatable bonds is 5. The van der Waals surface area contributed by atoms with Crippen LogP contribution in [-0.2, 0) is 0 Å². The summed E-state index contributed by atoms with van der Waals surface area (Å²) in [5, 5.41) is 0. The number of nitrogens with zero attached hydrogens (tertiary/aromatic N) is 2. The van der Waals surface area contributed by atoms with Gasteiger partial charge in [-0.15, -0.1) is 0 Å². The SMILES string of the molecule is C=N/C(CCC)=N\CCCC. The van der Waals surface area contributed by atoms with Crippen molar-refractivity contribution in [2.75, 3.05) is 6.54 Å². The zero-order valence-electron chi connectivity index (χ0n) is 7.64. The van der Waals surface area contributed by atoms with Crippen LogP contribution >= 0.6 is 0 Å². The molecular weight excluding hydrogens is 136 g/mol. The molecular formula is C9H18N2. The predicted molar refractivity (Wildman–Crippen MR) is 51.7 cm³/mol. The smallest absolute Gasteiger partial charge is 0.122 e. The van der Waals surface area contributed by atoms with Crippen LogP contribution in [0.3, 0.4) is 0 Å². The van der Waals surface area contributed by atoms with Gasteiger partial charge in [-0.25, -0.2) is 4.99 Å². The number of aliphatic imine (C=N–C) groups is 2. The van der Waals surface area contributed by atoms with Crippen LogP contribution in [0.25, 0.3) is 0 Å². The molecule has 0 N–H and O–H groups in total. The predicted octanol–water partition coefficient (Wildman–Crippen LogP) is 2.69. The highest BCUT2D eigenvalue weighted by atomic mass is 14.9. The van der Waals surface area contributed by atoms with E-state index in [4.69, 9.17) is 0 Å². The summed E-state index contributed by atoms with van der Waals surface area (Å²) in [7, 11) is 0. The minimum atomic E-state index is 0.908. The Morgan fingerprint density at radius 1 is 1.27 bits per heavy atom. The highest BCUT2D eigenvalue weighted by Crippen LogP contribution is 1.95. The molecule has 0 atom stereocenters. The summed E-state index contributed by atoms with van der Waals surface area (Å²) in [6.45, 7) is 8.67. The van der Waals surface area contributed by atoms with Crippen molar-refractivity contribution in [2.24, 2.45) is 9.98 Å². The van der Waals surface area contributed by atoms with Crippen molar-refractivity contribution < 1.29 is 0 Å². The first kappa shape index (κ1) is 10.3. The third-order valence-electron chi connectivity index (χ3n) is 1.46. The van der Waals surface area contributed by atoms with E-state index in [1.807, 2.05) is 0 Å². The van der Waals surface area contributed by atoms with Crippen LogP contribution in [0.2, 0.25) is 0 Å². The molecule has 0 amide bonds. The van der Waals surface area contributed by atoms with Crippen LogP contribution in [-0.4, -0.2) is 19.1 Å². The third kappa shape index (κ3) is 5.77. The average Bonchev–Trinajstić information content (AvgIpc) is 2.03. The van der Waals surface area contributed by atoms with Gasteiger partial charge in [-0.1, -0.05) is 20.3 Å². The fourth-order valence-corrected chi connectivity index (χ4v) is 0.798. The van der Waals surface area contributed by atoms with Gasteiger partial charge in [-0.2, -0.15) is 0 Å². The van der Waals surface area contributed by atoms with Crippen molar-refractivity contribution in [1.29, 1.82) is 0 Å². The molecule has 0 fully saturated rings. The second-order valence-corrected chi connectivity index (χ2v) is 2.56. The Kier molecular flexibility index (Phi) is 7.00. The molecule has 0 saturated carbocycles. The lowest BCUT2D eigenvalue weighted by molar-refractivity contribution is 0.802. The van der Waals surface area contributed by atoms with E-state index in [0.717, 1.165) is 31.6 Å². The normalized spacial score (nSPS) is 11.6. The summed E-state index contributed by atoms with van der Waals surface area (Å²) in [5.41, 5.74) is 0. The Labute approximate surface area is 69.4 Å². The van der Waals surface area contributed by atoms with Gasteiger partial charge in [0.1, 0.15) is 5.84 Å². The molecule has 0 aromatic carbocycles. The number of hydrogen-bond acceptors (Lipinski definition) is 1. The van der Waals surface area contributed by atoms with Crippen molar-refractivity contribution in [3.05, 3.63) is 0 Å². The highest BCUT2D eigenvalue weighted by molar-refractivity contribution is 5.86. The standard InChI is InChI=1S/C9H18N2/c1-4-6-8-11-9(10-3)7-5-2/h3-8H2,1-2H3/b11-9-. The zero-order valence-corrected chi connectivity index (χ0v) is 7.64. The van der Waals surface area contributed by atoms with Crippen LogP contribution < -0.4 is 0 Å². The molecule has 0 radical (unpaired) electrons. The number of hydrogen-bond donors (Lipinski definition) is 0. The maximum atomic E-state index is 4.31. The number of amidine groups is 1. The van der Waals surface area contributed by atoms with E-state index in [0.29, 0.717) is 0 Å². The highest BCUT2D eigenvalue weighted by Gasteiger charge is 1.90. The molecule has 0 aromatic rings. The molecule has 0 saturated heterocycles.